The van der Waals surface area contributed by atoms with E-state index in [2.05, 4.69) is 39.5 Å². The molecule has 4 nitrogen and oxygen atoms in total. The molecule has 1 rings (SSSR count). The molecule has 0 aromatic carbocycles. The third kappa shape index (κ3) is 2.80. The lowest BCUT2D eigenvalue weighted by Gasteiger charge is -2.39. The molecule has 0 radical (unpaired) electrons. The Morgan fingerprint density at radius 2 is 1.94 bits per heavy atom. The first kappa shape index (κ1) is 14.5. The maximum atomic E-state index is 6.02. The zero-order valence-corrected chi connectivity index (χ0v) is 12.0. The molecule has 2 N–H and O–H groups in total. The summed E-state index contributed by atoms with van der Waals surface area (Å²) < 4.78 is 0. The van der Waals surface area contributed by atoms with Crippen LogP contribution < -0.4 is 5.84 Å². The Morgan fingerprint density at radius 1 is 1.35 bits per heavy atom. The predicted octanol–water partition coefficient (Wildman–Crippen LogP) is 1.86. The van der Waals surface area contributed by atoms with E-state index in [1.807, 2.05) is 5.01 Å². The molecule has 1 aliphatic heterocycles. The van der Waals surface area contributed by atoms with Gasteiger partial charge in [0.25, 0.3) is 0 Å². The summed E-state index contributed by atoms with van der Waals surface area (Å²) >= 11 is 0. The summed E-state index contributed by atoms with van der Waals surface area (Å²) in [6.07, 6.45) is 2.04. The third-order valence-electron chi connectivity index (χ3n) is 3.88. The van der Waals surface area contributed by atoms with Crippen LogP contribution in [-0.2, 0) is 0 Å². The van der Waals surface area contributed by atoms with Crippen molar-refractivity contribution in [2.24, 2.45) is 10.8 Å². The average molecular weight is 240 g/mol. The molecule has 1 aliphatic rings. The number of nitrogens with zero attached hydrogens (tertiary/aromatic N) is 3. The van der Waals surface area contributed by atoms with Crippen molar-refractivity contribution in [3.63, 3.8) is 0 Å². The lowest BCUT2D eigenvalue weighted by Crippen LogP contribution is -2.53. The van der Waals surface area contributed by atoms with Crippen molar-refractivity contribution < 1.29 is 0 Å². The predicted molar refractivity (Wildman–Crippen MR) is 74.0 cm³/mol. The lowest BCUT2D eigenvalue weighted by molar-refractivity contribution is 0.131. The molecule has 0 aliphatic carbocycles. The van der Waals surface area contributed by atoms with Gasteiger partial charge in [-0.25, -0.2) is 5.84 Å². The topological polar surface area (TPSA) is 44.9 Å². The zero-order valence-electron chi connectivity index (χ0n) is 12.0. The third-order valence-corrected chi connectivity index (χ3v) is 3.88. The van der Waals surface area contributed by atoms with Crippen LogP contribution in [0.3, 0.4) is 0 Å². The van der Waals surface area contributed by atoms with Crippen molar-refractivity contribution in [1.82, 2.24) is 9.91 Å². The molecule has 100 valence electrons. The lowest BCUT2D eigenvalue weighted by atomic mass is 9.90. The second-order valence-electron chi connectivity index (χ2n) is 5.01. The Labute approximate surface area is 106 Å². The highest BCUT2D eigenvalue weighted by atomic mass is 15.5. The number of likely N-dealkylation sites (N-methyl/N-ethyl adjacent to an activating group) is 1. The van der Waals surface area contributed by atoms with E-state index in [0.29, 0.717) is 6.04 Å². The van der Waals surface area contributed by atoms with Gasteiger partial charge in [-0.15, -0.1) is 0 Å². The number of hydrazine groups is 1. The molecular weight excluding hydrogens is 212 g/mol. The number of hydrogen-bond donors (Lipinski definition) is 1. The number of nitrogens with two attached hydrogens (primary N) is 1. The number of amidine groups is 1. The van der Waals surface area contributed by atoms with Gasteiger partial charge in [-0.05, 0) is 26.4 Å². The van der Waals surface area contributed by atoms with Crippen LogP contribution in [0.4, 0.5) is 0 Å². The first-order chi connectivity index (χ1) is 8.02. The number of hydrogen-bond acceptors (Lipinski definition) is 4. The highest BCUT2D eigenvalue weighted by Gasteiger charge is 2.41. The first-order valence-corrected chi connectivity index (χ1v) is 6.87. The SMILES string of the molecule is CCC1=NC(C)(C(CC)N(CC)CC)CN1N. The van der Waals surface area contributed by atoms with Gasteiger partial charge in [-0.2, -0.15) is 0 Å². The Morgan fingerprint density at radius 3 is 2.29 bits per heavy atom. The van der Waals surface area contributed by atoms with Crippen molar-refractivity contribution in [2.45, 2.75) is 59.0 Å². The van der Waals surface area contributed by atoms with Crippen LogP contribution in [0.5, 0.6) is 0 Å². The number of aliphatic imine (C=N–C) groups is 1. The molecule has 2 unspecified atom stereocenters. The molecule has 0 spiro atoms. The van der Waals surface area contributed by atoms with Gasteiger partial charge in [0.1, 0.15) is 5.84 Å². The number of rotatable bonds is 6. The molecule has 2 atom stereocenters. The second kappa shape index (κ2) is 5.83. The fourth-order valence-corrected chi connectivity index (χ4v) is 3.05. The van der Waals surface area contributed by atoms with Crippen LogP contribution in [0.15, 0.2) is 4.99 Å². The van der Waals surface area contributed by atoms with E-state index in [-0.39, 0.29) is 5.54 Å². The fourth-order valence-electron chi connectivity index (χ4n) is 3.05. The molecular formula is C13H28N4. The van der Waals surface area contributed by atoms with Crippen LogP contribution in [0.2, 0.25) is 0 Å². The Balaban J connectivity index is 2.92. The first-order valence-electron chi connectivity index (χ1n) is 6.87. The van der Waals surface area contributed by atoms with E-state index in [1.165, 1.54) is 0 Å². The molecule has 0 fully saturated rings. The minimum Gasteiger partial charge on any atom is -0.298 e. The molecule has 0 bridgehead atoms. The maximum absolute atomic E-state index is 6.02. The van der Waals surface area contributed by atoms with Gasteiger partial charge in [-0.3, -0.25) is 14.9 Å². The van der Waals surface area contributed by atoms with Crippen molar-refractivity contribution in [3.8, 4) is 0 Å². The molecule has 0 aromatic heterocycles. The smallest absolute Gasteiger partial charge is 0.113 e. The fraction of sp³-hybridized carbons (Fsp3) is 0.923. The molecule has 0 saturated carbocycles. The monoisotopic (exact) mass is 240 g/mol. The minimum absolute atomic E-state index is 0.0547. The minimum atomic E-state index is -0.0547. The summed E-state index contributed by atoms with van der Waals surface area (Å²) in [7, 11) is 0. The van der Waals surface area contributed by atoms with Crippen LogP contribution in [0.25, 0.3) is 0 Å². The average Bonchev–Trinajstić information content (AvgIpc) is 2.61. The largest absolute Gasteiger partial charge is 0.298 e. The molecule has 1 heterocycles. The Kier molecular flexibility index (Phi) is 4.95. The van der Waals surface area contributed by atoms with Gasteiger partial charge in [-0.1, -0.05) is 27.7 Å². The summed E-state index contributed by atoms with van der Waals surface area (Å²) in [6.45, 7) is 14.0. The maximum Gasteiger partial charge on any atom is 0.113 e. The van der Waals surface area contributed by atoms with Crippen LogP contribution in [0.1, 0.15) is 47.5 Å². The quantitative estimate of drug-likeness (QED) is 0.721. The van der Waals surface area contributed by atoms with Gasteiger partial charge < -0.3 is 0 Å². The summed E-state index contributed by atoms with van der Waals surface area (Å²) in [5, 5.41) is 1.83. The molecule has 0 amide bonds. The van der Waals surface area contributed by atoms with Gasteiger partial charge in [0.15, 0.2) is 0 Å². The van der Waals surface area contributed by atoms with Gasteiger partial charge >= 0.3 is 0 Å². The standard InChI is InChI=1S/C13H28N4/c1-6-11(16(8-3)9-4)13(5)10-17(14)12(7-2)15-13/h11H,6-10,14H2,1-5H3. The van der Waals surface area contributed by atoms with E-state index < -0.39 is 0 Å². The Hall–Kier alpha value is -0.610. The van der Waals surface area contributed by atoms with Crippen molar-refractivity contribution >= 4 is 5.84 Å². The molecule has 0 aromatic rings. The van der Waals surface area contributed by atoms with Crippen molar-refractivity contribution in [2.75, 3.05) is 19.6 Å². The van der Waals surface area contributed by atoms with Gasteiger partial charge in [0.2, 0.25) is 0 Å². The molecule has 4 heteroatoms. The van der Waals surface area contributed by atoms with E-state index >= 15 is 0 Å². The van der Waals surface area contributed by atoms with Crippen molar-refractivity contribution in [1.29, 1.82) is 0 Å². The van der Waals surface area contributed by atoms with E-state index in [1.54, 1.807) is 0 Å². The highest BCUT2D eigenvalue weighted by Crippen LogP contribution is 2.29. The van der Waals surface area contributed by atoms with Gasteiger partial charge in [0.05, 0.1) is 12.1 Å². The highest BCUT2D eigenvalue weighted by molar-refractivity contribution is 5.83. The zero-order chi connectivity index (χ0) is 13.1. The van der Waals surface area contributed by atoms with E-state index in [0.717, 1.165) is 38.3 Å². The summed E-state index contributed by atoms with van der Waals surface area (Å²) in [6, 6.07) is 0.479. The molecule has 0 saturated heterocycles. The molecule has 17 heavy (non-hydrogen) atoms. The van der Waals surface area contributed by atoms with Crippen molar-refractivity contribution in [3.05, 3.63) is 0 Å². The second-order valence-corrected chi connectivity index (χ2v) is 5.01. The normalized spacial score (nSPS) is 26.5. The summed E-state index contributed by atoms with van der Waals surface area (Å²) in [5.41, 5.74) is -0.0547. The van der Waals surface area contributed by atoms with Gasteiger partial charge in [0, 0.05) is 12.5 Å². The van der Waals surface area contributed by atoms with E-state index in [4.69, 9.17) is 10.8 Å². The van der Waals surface area contributed by atoms with Crippen LogP contribution in [-0.4, -0.2) is 47.0 Å². The summed E-state index contributed by atoms with van der Waals surface area (Å²) in [4.78, 5) is 7.38. The summed E-state index contributed by atoms with van der Waals surface area (Å²) in [5.74, 6) is 7.06. The van der Waals surface area contributed by atoms with Crippen LogP contribution in [0, 0.1) is 0 Å². The van der Waals surface area contributed by atoms with Crippen LogP contribution >= 0.6 is 0 Å². The van der Waals surface area contributed by atoms with E-state index in [9.17, 15) is 0 Å². The Bertz CT molecular complexity index is 273.